The second-order valence-electron chi connectivity index (χ2n) is 5.64. The lowest BCUT2D eigenvalue weighted by Gasteiger charge is -2.28. The maximum absolute atomic E-state index is 12.8. The Bertz CT molecular complexity index is 781. The summed E-state index contributed by atoms with van der Waals surface area (Å²) in [7, 11) is 1.56. The highest BCUT2D eigenvalue weighted by molar-refractivity contribution is 5.96. The standard InChI is InChI=1S/C16H19N5O2/c1-10-5-4-6-12(11(10)2)16(23)20-7-8-21-13(9-20)18-19-14(21)15(22)17-3/h4-6H,7-9H2,1-3H3,(H,17,22). The van der Waals surface area contributed by atoms with Gasteiger partial charge in [0.15, 0.2) is 5.82 Å². The van der Waals surface area contributed by atoms with Crippen LogP contribution in [0.3, 0.4) is 0 Å². The number of aromatic nitrogens is 3. The minimum Gasteiger partial charge on any atom is -0.352 e. The van der Waals surface area contributed by atoms with Gasteiger partial charge in [-0.25, -0.2) is 0 Å². The van der Waals surface area contributed by atoms with Crippen LogP contribution in [0.2, 0.25) is 0 Å². The fourth-order valence-electron chi connectivity index (χ4n) is 2.76. The van der Waals surface area contributed by atoms with Gasteiger partial charge in [0.05, 0.1) is 6.54 Å². The fraction of sp³-hybridized carbons (Fsp3) is 0.375. The van der Waals surface area contributed by atoms with E-state index in [4.69, 9.17) is 0 Å². The lowest BCUT2D eigenvalue weighted by atomic mass is 10.0. The van der Waals surface area contributed by atoms with Crippen LogP contribution in [0.4, 0.5) is 0 Å². The molecule has 120 valence electrons. The van der Waals surface area contributed by atoms with Gasteiger partial charge in [-0.15, -0.1) is 10.2 Å². The van der Waals surface area contributed by atoms with E-state index in [1.165, 1.54) is 0 Å². The molecule has 0 radical (unpaired) electrons. The summed E-state index contributed by atoms with van der Waals surface area (Å²) in [6, 6.07) is 5.74. The zero-order valence-electron chi connectivity index (χ0n) is 13.5. The Morgan fingerprint density at radius 1 is 1.17 bits per heavy atom. The zero-order valence-corrected chi connectivity index (χ0v) is 13.5. The molecule has 1 aliphatic heterocycles. The first-order chi connectivity index (χ1) is 11.0. The summed E-state index contributed by atoms with van der Waals surface area (Å²) in [6.45, 7) is 5.35. The smallest absolute Gasteiger partial charge is 0.288 e. The molecule has 2 amide bonds. The molecule has 7 nitrogen and oxygen atoms in total. The van der Waals surface area contributed by atoms with E-state index in [0.717, 1.165) is 11.1 Å². The Morgan fingerprint density at radius 3 is 2.70 bits per heavy atom. The van der Waals surface area contributed by atoms with Crippen molar-refractivity contribution >= 4 is 11.8 Å². The van der Waals surface area contributed by atoms with E-state index in [1.807, 2.05) is 32.0 Å². The molecule has 1 N–H and O–H groups in total. The van der Waals surface area contributed by atoms with Crippen LogP contribution in [-0.4, -0.2) is 45.1 Å². The van der Waals surface area contributed by atoms with Crippen molar-refractivity contribution in [1.82, 2.24) is 25.0 Å². The highest BCUT2D eigenvalue weighted by Gasteiger charge is 2.27. The van der Waals surface area contributed by atoms with Crippen LogP contribution in [0.15, 0.2) is 18.2 Å². The molecule has 0 aliphatic carbocycles. The molecule has 0 saturated heterocycles. The number of hydrogen-bond acceptors (Lipinski definition) is 4. The molecular formula is C16H19N5O2. The number of fused-ring (bicyclic) bond motifs is 1. The van der Waals surface area contributed by atoms with Crippen LogP contribution >= 0.6 is 0 Å². The fourth-order valence-corrected chi connectivity index (χ4v) is 2.76. The highest BCUT2D eigenvalue weighted by atomic mass is 16.2. The van der Waals surface area contributed by atoms with Gasteiger partial charge in [-0.3, -0.25) is 9.59 Å². The summed E-state index contributed by atoms with van der Waals surface area (Å²) in [4.78, 5) is 26.3. The van der Waals surface area contributed by atoms with E-state index in [9.17, 15) is 9.59 Å². The topological polar surface area (TPSA) is 80.1 Å². The minimum atomic E-state index is -0.266. The SMILES string of the molecule is CNC(=O)c1nnc2n1CCN(C(=O)c1cccc(C)c1C)C2. The number of carbonyl (C=O) groups is 2. The molecule has 3 rings (SSSR count). The van der Waals surface area contributed by atoms with Gasteiger partial charge in [0.25, 0.3) is 11.8 Å². The number of amides is 2. The van der Waals surface area contributed by atoms with E-state index in [0.29, 0.717) is 36.8 Å². The summed E-state index contributed by atoms with van der Waals surface area (Å²) in [5.41, 5.74) is 2.80. The van der Waals surface area contributed by atoms with Crippen LogP contribution in [0.25, 0.3) is 0 Å². The summed E-state index contributed by atoms with van der Waals surface area (Å²) in [5, 5.41) is 10.5. The van der Waals surface area contributed by atoms with Crippen molar-refractivity contribution in [2.75, 3.05) is 13.6 Å². The van der Waals surface area contributed by atoms with E-state index < -0.39 is 0 Å². The van der Waals surface area contributed by atoms with Crippen molar-refractivity contribution in [3.63, 3.8) is 0 Å². The van der Waals surface area contributed by atoms with Crippen molar-refractivity contribution in [1.29, 1.82) is 0 Å². The summed E-state index contributed by atoms with van der Waals surface area (Å²) >= 11 is 0. The summed E-state index contributed by atoms with van der Waals surface area (Å²) < 4.78 is 1.77. The molecule has 7 heteroatoms. The zero-order chi connectivity index (χ0) is 16.6. The molecule has 0 fully saturated rings. The van der Waals surface area contributed by atoms with E-state index >= 15 is 0 Å². The lowest BCUT2D eigenvalue weighted by Crippen LogP contribution is -2.39. The summed E-state index contributed by atoms with van der Waals surface area (Å²) in [5.74, 6) is 0.648. The molecule has 0 spiro atoms. The Morgan fingerprint density at radius 2 is 1.96 bits per heavy atom. The highest BCUT2D eigenvalue weighted by Crippen LogP contribution is 2.19. The molecule has 0 unspecified atom stereocenters. The third-order valence-electron chi connectivity index (χ3n) is 4.31. The second-order valence-corrected chi connectivity index (χ2v) is 5.64. The normalized spacial score (nSPS) is 13.6. The Kier molecular flexibility index (Phi) is 3.85. The molecule has 2 heterocycles. The Balaban J connectivity index is 1.85. The van der Waals surface area contributed by atoms with Gasteiger partial charge in [0.2, 0.25) is 5.82 Å². The largest absolute Gasteiger partial charge is 0.352 e. The Labute approximate surface area is 134 Å². The van der Waals surface area contributed by atoms with Crippen LogP contribution in [0.5, 0.6) is 0 Å². The second kappa shape index (κ2) is 5.83. The number of benzene rings is 1. The van der Waals surface area contributed by atoms with Gasteiger partial charge in [0.1, 0.15) is 0 Å². The monoisotopic (exact) mass is 313 g/mol. The van der Waals surface area contributed by atoms with E-state index in [1.54, 1.807) is 16.5 Å². The number of nitrogens with one attached hydrogen (secondary N) is 1. The molecule has 1 aliphatic rings. The van der Waals surface area contributed by atoms with Gasteiger partial charge in [-0.05, 0) is 31.0 Å². The maximum atomic E-state index is 12.8. The first kappa shape index (κ1) is 15.2. The van der Waals surface area contributed by atoms with Crippen LogP contribution in [-0.2, 0) is 13.1 Å². The molecule has 23 heavy (non-hydrogen) atoms. The number of rotatable bonds is 2. The number of hydrogen-bond donors (Lipinski definition) is 1. The van der Waals surface area contributed by atoms with Gasteiger partial charge in [0, 0.05) is 25.7 Å². The molecular weight excluding hydrogens is 294 g/mol. The van der Waals surface area contributed by atoms with Gasteiger partial charge >= 0.3 is 0 Å². The van der Waals surface area contributed by atoms with Crippen LogP contribution in [0.1, 0.15) is 37.9 Å². The molecule has 1 aromatic heterocycles. The molecule has 1 aromatic carbocycles. The van der Waals surface area contributed by atoms with Crippen molar-refractivity contribution in [2.45, 2.75) is 26.9 Å². The third kappa shape index (κ3) is 2.58. The van der Waals surface area contributed by atoms with Crippen LogP contribution in [0, 0.1) is 13.8 Å². The van der Waals surface area contributed by atoms with Gasteiger partial charge in [-0.2, -0.15) is 0 Å². The minimum absolute atomic E-state index is 0.0121. The number of carbonyl (C=O) groups excluding carboxylic acids is 2. The van der Waals surface area contributed by atoms with Crippen molar-refractivity contribution < 1.29 is 9.59 Å². The summed E-state index contributed by atoms with van der Waals surface area (Å²) in [6.07, 6.45) is 0. The van der Waals surface area contributed by atoms with E-state index in [-0.39, 0.29) is 11.8 Å². The quantitative estimate of drug-likeness (QED) is 0.894. The molecule has 2 aromatic rings. The van der Waals surface area contributed by atoms with Crippen molar-refractivity contribution in [3.8, 4) is 0 Å². The van der Waals surface area contributed by atoms with Gasteiger partial charge in [-0.1, -0.05) is 12.1 Å². The van der Waals surface area contributed by atoms with Gasteiger partial charge < -0.3 is 14.8 Å². The van der Waals surface area contributed by atoms with Crippen molar-refractivity contribution in [2.24, 2.45) is 0 Å². The average molecular weight is 313 g/mol. The first-order valence-corrected chi connectivity index (χ1v) is 7.52. The maximum Gasteiger partial charge on any atom is 0.288 e. The predicted molar refractivity (Wildman–Crippen MR) is 84.1 cm³/mol. The predicted octanol–water partition coefficient (Wildman–Crippen LogP) is 0.911. The Hall–Kier alpha value is -2.70. The van der Waals surface area contributed by atoms with Crippen LogP contribution < -0.4 is 5.32 Å². The number of aryl methyl sites for hydroxylation is 1. The molecule has 0 saturated carbocycles. The first-order valence-electron chi connectivity index (χ1n) is 7.52. The third-order valence-corrected chi connectivity index (χ3v) is 4.31. The number of nitrogens with zero attached hydrogens (tertiary/aromatic N) is 4. The van der Waals surface area contributed by atoms with Crippen molar-refractivity contribution in [3.05, 3.63) is 46.5 Å². The average Bonchev–Trinajstić information content (AvgIpc) is 2.99. The molecule has 0 atom stereocenters. The molecule has 0 bridgehead atoms. The lowest BCUT2D eigenvalue weighted by molar-refractivity contribution is 0.0705. The van der Waals surface area contributed by atoms with E-state index in [2.05, 4.69) is 15.5 Å².